The van der Waals surface area contributed by atoms with Crippen LogP contribution in [0.5, 0.6) is 0 Å². The summed E-state index contributed by atoms with van der Waals surface area (Å²) in [5.41, 5.74) is 0. The van der Waals surface area contributed by atoms with Crippen LogP contribution in [0.4, 0.5) is 0 Å². The lowest BCUT2D eigenvalue weighted by Gasteiger charge is -1.88. The highest BCUT2D eigenvalue weighted by atomic mass is 16.4. The van der Waals surface area contributed by atoms with Crippen molar-refractivity contribution in [2.24, 2.45) is 0 Å². The molecule has 2 N–H and O–H groups in total. The number of carbonyl (C=O) groups excluding carboxylic acids is 1. The Hall–Kier alpha value is -0.835. The third-order valence-corrected chi connectivity index (χ3v) is 0.439. The molecule has 0 aromatic heterocycles. The molecule has 4 nitrogen and oxygen atoms in total. The van der Waals surface area contributed by atoms with Crippen LogP contribution in [0.2, 0.25) is 0 Å². The van der Waals surface area contributed by atoms with Gasteiger partial charge in [-0.2, -0.15) is 0 Å². The monoisotopic (exact) mass is 114 g/mol. The Morgan fingerprint density at radius 1 is 1.88 bits per heavy atom. The van der Waals surface area contributed by atoms with E-state index in [1.54, 1.807) is 0 Å². The van der Waals surface area contributed by atoms with Crippen LogP contribution in [0.3, 0.4) is 0 Å². The summed E-state index contributed by atoms with van der Waals surface area (Å²) in [6.45, 7) is -0.210. The van der Waals surface area contributed by atoms with E-state index in [0.29, 0.717) is 6.19 Å². The quantitative estimate of drug-likeness (QED) is 0.264. The van der Waals surface area contributed by atoms with Gasteiger partial charge in [-0.15, -0.1) is 0 Å². The number of carboxylic acid groups (broad SMARTS) is 1. The molecule has 0 aliphatic rings. The van der Waals surface area contributed by atoms with Crippen LogP contribution in [-0.4, -0.2) is 31.2 Å². The zero-order chi connectivity index (χ0) is 6.41. The number of nitrogens with one attached hydrogen (secondary N) is 1. The number of carbonyl (C=O) groups is 2. The highest BCUT2D eigenvalue weighted by Crippen LogP contribution is 1.53. The summed E-state index contributed by atoms with van der Waals surface area (Å²) < 4.78 is 0. The van der Waals surface area contributed by atoms with Crippen LogP contribution in [-0.2, 0) is 9.59 Å². The summed E-state index contributed by atoms with van der Waals surface area (Å²) >= 11 is 0. The molecular weight excluding hydrogens is 109 g/mol. The molecule has 0 atom stereocenters. The van der Waals surface area contributed by atoms with Gasteiger partial charge in [0.1, 0.15) is 0 Å². The smallest absolute Gasteiger partial charge is 0.316 e. The minimum atomic E-state index is -0.983. The largest absolute Gasteiger partial charge is 0.480 e. The number of aliphatic carboxylic acids is 1. The van der Waals surface area contributed by atoms with E-state index >= 15 is 0 Å². The Morgan fingerprint density at radius 2 is 2.50 bits per heavy atom. The molecule has 0 heterocycles. The maximum Gasteiger partial charge on any atom is 0.316 e. The summed E-state index contributed by atoms with van der Waals surface area (Å²) in [7, 11) is 1.04. The van der Waals surface area contributed by atoms with Crippen LogP contribution in [0, 0.1) is 0 Å². The second-order valence-corrected chi connectivity index (χ2v) is 1.08. The number of hydrogen-bond acceptors (Lipinski definition) is 3. The van der Waals surface area contributed by atoms with Crippen molar-refractivity contribution < 1.29 is 14.7 Å². The topological polar surface area (TPSA) is 66.4 Å². The summed E-state index contributed by atoms with van der Waals surface area (Å²) in [6, 6.07) is 0. The van der Waals surface area contributed by atoms with Gasteiger partial charge in [-0.05, 0) is 0 Å². The fourth-order valence-electron chi connectivity index (χ4n) is 0.194. The summed E-state index contributed by atoms with van der Waals surface area (Å²) in [5, 5.41) is 10.2. The summed E-state index contributed by atoms with van der Waals surface area (Å²) in [5.74, 6) is -0.983. The van der Waals surface area contributed by atoms with Crippen molar-refractivity contribution in [3.05, 3.63) is 0 Å². The molecule has 8 heavy (non-hydrogen) atoms. The molecule has 0 fully saturated rings. The van der Waals surface area contributed by atoms with E-state index in [-0.39, 0.29) is 6.54 Å². The molecule has 43 valence electrons. The van der Waals surface area contributed by atoms with Crippen molar-refractivity contribution in [1.82, 2.24) is 5.23 Å². The SMILES string of the molecule is O=C[B]NCC(=O)O. The Labute approximate surface area is 47.1 Å². The van der Waals surface area contributed by atoms with E-state index in [4.69, 9.17) is 5.11 Å². The average molecular weight is 114 g/mol. The maximum atomic E-state index is 9.68. The molecule has 0 amide bonds. The third kappa shape index (κ3) is 5.16. The maximum absolute atomic E-state index is 9.68. The predicted octanol–water partition coefficient (Wildman–Crippen LogP) is -1.53. The van der Waals surface area contributed by atoms with Crippen molar-refractivity contribution in [2.75, 3.05) is 6.54 Å². The van der Waals surface area contributed by atoms with Gasteiger partial charge in [-0.25, -0.2) is 0 Å². The first kappa shape index (κ1) is 7.16. The zero-order valence-electron chi connectivity index (χ0n) is 4.13. The van der Waals surface area contributed by atoms with Gasteiger partial charge in [0.2, 0.25) is 0 Å². The molecule has 0 unspecified atom stereocenters. The van der Waals surface area contributed by atoms with Crippen molar-refractivity contribution in [1.29, 1.82) is 0 Å². The molecule has 0 saturated carbocycles. The van der Waals surface area contributed by atoms with Gasteiger partial charge < -0.3 is 15.1 Å². The van der Waals surface area contributed by atoms with E-state index in [1.807, 2.05) is 0 Å². The van der Waals surface area contributed by atoms with Crippen LogP contribution in [0.15, 0.2) is 0 Å². The van der Waals surface area contributed by atoms with Crippen molar-refractivity contribution in [3.63, 3.8) is 0 Å². The van der Waals surface area contributed by atoms with Gasteiger partial charge in [0, 0.05) is 0 Å². The fourth-order valence-corrected chi connectivity index (χ4v) is 0.194. The van der Waals surface area contributed by atoms with Crippen LogP contribution < -0.4 is 5.23 Å². The molecule has 0 aliphatic heterocycles. The first-order valence-corrected chi connectivity index (χ1v) is 1.99. The highest BCUT2D eigenvalue weighted by Gasteiger charge is 1.92. The lowest BCUT2D eigenvalue weighted by molar-refractivity contribution is -0.135. The van der Waals surface area contributed by atoms with E-state index < -0.39 is 5.97 Å². The first-order valence-electron chi connectivity index (χ1n) is 1.99. The number of hydrogen-bond donors (Lipinski definition) is 2. The fraction of sp³-hybridized carbons (Fsp3) is 0.333. The van der Waals surface area contributed by atoms with E-state index in [1.165, 1.54) is 0 Å². The molecule has 0 bridgehead atoms. The van der Waals surface area contributed by atoms with Gasteiger partial charge in [0.15, 0.2) is 0 Å². The lowest BCUT2D eigenvalue weighted by atomic mass is 9.99. The number of carboxylic acids is 1. The molecule has 5 heteroatoms. The van der Waals surface area contributed by atoms with E-state index in [2.05, 4.69) is 5.23 Å². The average Bonchev–Trinajstić information content (AvgIpc) is 1.66. The van der Waals surface area contributed by atoms with Crippen LogP contribution in [0.1, 0.15) is 0 Å². The Bertz CT molecular complexity index is 94.5. The van der Waals surface area contributed by atoms with Crippen LogP contribution >= 0.6 is 0 Å². The van der Waals surface area contributed by atoms with Gasteiger partial charge in [0.25, 0.3) is 7.41 Å². The molecule has 0 saturated heterocycles. The summed E-state index contributed by atoms with van der Waals surface area (Å²) in [6.07, 6.45) is 0.489. The van der Waals surface area contributed by atoms with Crippen LogP contribution in [0.25, 0.3) is 0 Å². The summed E-state index contributed by atoms with van der Waals surface area (Å²) in [4.78, 5) is 19.2. The van der Waals surface area contributed by atoms with Crippen molar-refractivity contribution >= 4 is 19.6 Å². The molecule has 0 aliphatic carbocycles. The van der Waals surface area contributed by atoms with E-state index in [0.717, 1.165) is 7.41 Å². The number of rotatable bonds is 4. The molecular formula is C3H5BNO3. The van der Waals surface area contributed by atoms with Gasteiger partial charge in [-0.3, -0.25) is 4.79 Å². The van der Waals surface area contributed by atoms with Gasteiger partial charge >= 0.3 is 5.97 Å². The normalized spacial score (nSPS) is 8.00. The Kier molecular flexibility index (Phi) is 3.88. The molecule has 0 rings (SSSR count). The Morgan fingerprint density at radius 3 is 2.88 bits per heavy atom. The molecule has 0 spiro atoms. The standard InChI is InChI=1S/C3H5BNO3/c6-2-4-5-1-3(7)8/h2,5H,1H2,(H,7,8). The molecule has 0 aromatic carbocycles. The highest BCUT2D eigenvalue weighted by molar-refractivity contribution is 6.64. The van der Waals surface area contributed by atoms with Gasteiger partial charge in [-0.1, -0.05) is 0 Å². The third-order valence-electron chi connectivity index (χ3n) is 0.439. The van der Waals surface area contributed by atoms with Crippen molar-refractivity contribution in [2.45, 2.75) is 0 Å². The zero-order valence-corrected chi connectivity index (χ0v) is 4.13. The van der Waals surface area contributed by atoms with E-state index in [9.17, 15) is 9.59 Å². The van der Waals surface area contributed by atoms with Crippen molar-refractivity contribution in [3.8, 4) is 0 Å². The Balaban J connectivity index is 2.93. The second kappa shape index (κ2) is 4.33. The predicted molar refractivity (Wildman–Crippen MR) is 28.1 cm³/mol. The molecule has 0 aromatic rings. The molecule has 1 radical (unpaired) electrons. The first-order chi connectivity index (χ1) is 3.77. The van der Waals surface area contributed by atoms with Gasteiger partial charge in [0.05, 0.1) is 12.7 Å². The lowest BCUT2D eigenvalue weighted by Crippen LogP contribution is -2.26. The second-order valence-electron chi connectivity index (χ2n) is 1.08. The minimum Gasteiger partial charge on any atom is -0.480 e. The minimum absolute atomic E-state index is 0.210.